The molecule has 2 aromatic rings. The number of alkyl halides is 3. The summed E-state index contributed by atoms with van der Waals surface area (Å²) < 4.78 is 33.5. The second kappa shape index (κ2) is 9.20. The predicted octanol–water partition coefficient (Wildman–Crippen LogP) is 2.04. The van der Waals surface area contributed by atoms with Crippen LogP contribution in [0.15, 0.2) is 30.6 Å². The van der Waals surface area contributed by atoms with Gasteiger partial charge in [0.25, 0.3) is 5.91 Å². The molecule has 2 aliphatic heterocycles. The van der Waals surface area contributed by atoms with E-state index in [1.165, 1.54) is 0 Å². The number of hydrogen-bond donors (Lipinski definition) is 2. The number of aryl methyl sites for hydroxylation is 2. The van der Waals surface area contributed by atoms with Crippen molar-refractivity contribution in [3.8, 4) is 0 Å². The van der Waals surface area contributed by atoms with Crippen molar-refractivity contribution >= 4 is 17.8 Å². The van der Waals surface area contributed by atoms with Crippen LogP contribution >= 0.6 is 0 Å². The van der Waals surface area contributed by atoms with Gasteiger partial charge in [0.2, 0.25) is 5.91 Å². The van der Waals surface area contributed by atoms with Crippen LogP contribution in [-0.2, 0) is 16.6 Å². The molecule has 2 amide bonds. The van der Waals surface area contributed by atoms with Crippen molar-refractivity contribution < 1.29 is 32.7 Å². The van der Waals surface area contributed by atoms with Crippen LogP contribution in [0.25, 0.3) is 0 Å². The first-order chi connectivity index (χ1) is 15.4. The molecule has 12 heteroatoms. The van der Waals surface area contributed by atoms with Gasteiger partial charge < -0.3 is 15.3 Å². The number of amides is 2. The summed E-state index contributed by atoms with van der Waals surface area (Å²) in [7, 11) is 1.89. The number of pyridine rings is 1. The topological polar surface area (TPSA) is 117 Å². The van der Waals surface area contributed by atoms with Gasteiger partial charge in [0.15, 0.2) is 0 Å². The molecule has 0 bridgehead atoms. The number of aliphatic carboxylic acids is 1. The highest BCUT2D eigenvalue weighted by molar-refractivity contribution is 5.92. The van der Waals surface area contributed by atoms with Crippen molar-refractivity contribution in [2.45, 2.75) is 43.8 Å². The standard InChI is InChI=1S/C19H23N5O2.C2HF3O2/c1-13-4-3-5-16(21-13)18(26)24-8-6-19(7-9-24)15(10-17(25)22-19)14-11-20-23(2)12-14;3-2(4,5)1(6)7/h3-5,11-12,15H,6-10H2,1-2H3,(H,22,25);(H,6,7). The molecule has 2 aliphatic rings. The van der Waals surface area contributed by atoms with Crippen molar-refractivity contribution in [3.63, 3.8) is 0 Å². The summed E-state index contributed by atoms with van der Waals surface area (Å²) >= 11 is 0. The number of carbonyl (C=O) groups is 3. The number of piperidine rings is 1. The van der Waals surface area contributed by atoms with Gasteiger partial charge in [-0.1, -0.05) is 6.07 Å². The lowest BCUT2D eigenvalue weighted by Gasteiger charge is -2.42. The number of nitrogens with one attached hydrogen (secondary N) is 1. The quantitative estimate of drug-likeness (QED) is 0.698. The number of likely N-dealkylation sites (tertiary alicyclic amines) is 1. The highest BCUT2D eigenvalue weighted by Gasteiger charge is 2.49. The Morgan fingerprint density at radius 1 is 1.24 bits per heavy atom. The first-order valence-corrected chi connectivity index (χ1v) is 10.2. The van der Waals surface area contributed by atoms with E-state index >= 15 is 0 Å². The molecule has 2 N–H and O–H groups in total. The van der Waals surface area contributed by atoms with Crippen molar-refractivity contribution in [1.29, 1.82) is 0 Å². The van der Waals surface area contributed by atoms with Gasteiger partial charge >= 0.3 is 12.1 Å². The van der Waals surface area contributed by atoms with Crippen LogP contribution < -0.4 is 5.32 Å². The maximum Gasteiger partial charge on any atom is 0.490 e. The Hall–Kier alpha value is -3.44. The van der Waals surface area contributed by atoms with Crippen LogP contribution in [0, 0.1) is 6.92 Å². The van der Waals surface area contributed by atoms with E-state index in [1.807, 2.05) is 43.4 Å². The van der Waals surface area contributed by atoms with E-state index in [0.717, 1.165) is 24.1 Å². The lowest BCUT2D eigenvalue weighted by atomic mass is 9.75. The van der Waals surface area contributed by atoms with E-state index in [2.05, 4.69) is 15.4 Å². The zero-order valence-corrected chi connectivity index (χ0v) is 18.1. The molecular weight excluding hydrogens is 443 g/mol. The average molecular weight is 467 g/mol. The summed E-state index contributed by atoms with van der Waals surface area (Å²) in [5.41, 5.74) is 2.13. The molecule has 0 aromatic carbocycles. The smallest absolute Gasteiger partial charge is 0.475 e. The lowest BCUT2D eigenvalue weighted by molar-refractivity contribution is -0.192. The number of hydrogen-bond acceptors (Lipinski definition) is 5. The minimum absolute atomic E-state index is 0.0363. The molecule has 4 heterocycles. The molecule has 2 fully saturated rings. The van der Waals surface area contributed by atoms with Crippen LogP contribution in [-0.4, -0.2) is 67.4 Å². The van der Waals surface area contributed by atoms with Crippen LogP contribution in [0.2, 0.25) is 0 Å². The molecule has 1 spiro atoms. The number of rotatable bonds is 2. The summed E-state index contributed by atoms with van der Waals surface area (Å²) in [5, 5.41) is 14.6. The maximum atomic E-state index is 12.7. The Morgan fingerprint density at radius 3 is 2.39 bits per heavy atom. The number of halogens is 3. The SMILES string of the molecule is Cc1cccc(C(=O)N2CCC3(CC2)NC(=O)CC3c2cnn(C)c2)n1.O=C(O)C(F)(F)F. The second-order valence-electron chi connectivity index (χ2n) is 8.17. The van der Waals surface area contributed by atoms with Crippen molar-refractivity contribution in [2.24, 2.45) is 7.05 Å². The van der Waals surface area contributed by atoms with Crippen molar-refractivity contribution in [2.75, 3.05) is 13.1 Å². The fraction of sp³-hybridized carbons (Fsp3) is 0.476. The molecule has 0 aliphatic carbocycles. The van der Waals surface area contributed by atoms with Crippen LogP contribution in [0.1, 0.15) is 46.9 Å². The number of nitrogens with zero attached hydrogens (tertiary/aromatic N) is 4. The Labute approximate surface area is 187 Å². The monoisotopic (exact) mass is 467 g/mol. The van der Waals surface area contributed by atoms with E-state index in [9.17, 15) is 22.8 Å². The summed E-state index contributed by atoms with van der Waals surface area (Å²) in [6.07, 6.45) is 0.729. The molecule has 0 radical (unpaired) electrons. The van der Waals surface area contributed by atoms with Gasteiger partial charge in [0, 0.05) is 44.4 Å². The number of aromatic nitrogens is 3. The Morgan fingerprint density at radius 2 is 1.88 bits per heavy atom. The summed E-state index contributed by atoms with van der Waals surface area (Å²) in [6.45, 7) is 3.12. The van der Waals surface area contributed by atoms with Crippen LogP contribution in [0.3, 0.4) is 0 Å². The Kier molecular flexibility index (Phi) is 6.75. The third-order valence-corrected chi connectivity index (χ3v) is 5.86. The molecule has 33 heavy (non-hydrogen) atoms. The van der Waals surface area contributed by atoms with Gasteiger partial charge in [0.05, 0.1) is 11.7 Å². The summed E-state index contributed by atoms with van der Waals surface area (Å²) in [4.78, 5) is 40.0. The molecule has 1 unspecified atom stereocenters. The fourth-order valence-corrected chi connectivity index (χ4v) is 4.26. The van der Waals surface area contributed by atoms with Gasteiger partial charge in [-0.15, -0.1) is 0 Å². The van der Waals surface area contributed by atoms with Crippen LogP contribution in [0.5, 0.6) is 0 Å². The normalized spacial score (nSPS) is 19.6. The minimum atomic E-state index is -5.08. The second-order valence-corrected chi connectivity index (χ2v) is 8.17. The van der Waals surface area contributed by atoms with Gasteiger partial charge in [-0.25, -0.2) is 9.78 Å². The third-order valence-electron chi connectivity index (χ3n) is 5.86. The molecule has 0 saturated carbocycles. The predicted molar refractivity (Wildman–Crippen MR) is 109 cm³/mol. The molecule has 2 aromatic heterocycles. The van der Waals surface area contributed by atoms with Gasteiger partial charge in [0.1, 0.15) is 5.69 Å². The van der Waals surface area contributed by atoms with Gasteiger partial charge in [-0.3, -0.25) is 14.3 Å². The highest BCUT2D eigenvalue weighted by atomic mass is 19.4. The molecule has 178 valence electrons. The summed E-state index contributed by atoms with van der Waals surface area (Å²) in [6, 6.07) is 5.50. The average Bonchev–Trinajstić information content (AvgIpc) is 3.30. The van der Waals surface area contributed by atoms with E-state index in [0.29, 0.717) is 25.2 Å². The zero-order chi connectivity index (χ0) is 24.4. The Bertz CT molecular complexity index is 1040. The molecule has 4 rings (SSSR count). The zero-order valence-electron chi connectivity index (χ0n) is 18.1. The molecular formula is C21H24F3N5O4. The fourth-order valence-electron chi connectivity index (χ4n) is 4.26. The molecule has 9 nitrogen and oxygen atoms in total. The van der Waals surface area contributed by atoms with Gasteiger partial charge in [-0.05, 0) is 37.5 Å². The third kappa shape index (κ3) is 5.49. The number of carboxylic acid groups (broad SMARTS) is 1. The number of carboxylic acids is 1. The van der Waals surface area contributed by atoms with Gasteiger partial charge in [-0.2, -0.15) is 18.3 Å². The summed E-state index contributed by atoms with van der Waals surface area (Å²) in [5.74, 6) is -2.60. The first kappa shape index (κ1) is 24.2. The lowest BCUT2D eigenvalue weighted by Crippen LogP contribution is -2.54. The van der Waals surface area contributed by atoms with E-state index in [4.69, 9.17) is 9.90 Å². The first-order valence-electron chi connectivity index (χ1n) is 10.2. The molecule has 1 atom stereocenters. The Balaban J connectivity index is 0.000000383. The van der Waals surface area contributed by atoms with E-state index < -0.39 is 12.1 Å². The van der Waals surface area contributed by atoms with E-state index in [1.54, 1.807) is 10.7 Å². The highest BCUT2D eigenvalue weighted by Crippen LogP contribution is 2.43. The largest absolute Gasteiger partial charge is 0.490 e. The van der Waals surface area contributed by atoms with E-state index in [-0.39, 0.29) is 23.3 Å². The van der Waals surface area contributed by atoms with Crippen molar-refractivity contribution in [3.05, 3.63) is 47.5 Å². The minimum Gasteiger partial charge on any atom is -0.475 e. The van der Waals surface area contributed by atoms with Crippen molar-refractivity contribution in [1.82, 2.24) is 25.0 Å². The molecule has 2 saturated heterocycles. The number of carbonyl (C=O) groups excluding carboxylic acids is 2. The van der Waals surface area contributed by atoms with Crippen LogP contribution in [0.4, 0.5) is 13.2 Å². The maximum absolute atomic E-state index is 12.7.